The van der Waals surface area contributed by atoms with E-state index in [0.29, 0.717) is 6.16 Å². The minimum absolute atomic E-state index is 0.236. The van der Waals surface area contributed by atoms with Gasteiger partial charge in [-0.3, -0.25) is 0 Å². The molecule has 0 aromatic heterocycles. The fourth-order valence-corrected chi connectivity index (χ4v) is 9.33. The summed E-state index contributed by atoms with van der Waals surface area (Å²) in [6.07, 6.45) is 0.737. The van der Waals surface area contributed by atoms with Gasteiger partial charge in [-0.15, -0.1) is 0 Å². The topological polar surface area (TPSA) is 43.1 Å². The molecule has 128 valence electrons. The zero-order valence-corrected chi connectivity index (χ0v) is 15.5. The number of carbonyl (C=O) groups is 1. The monoisotopic (exact) mass is 369 g/mol. The van der Waals surface area contributed by atoms with E-state index in [2.05, 4.69) is 36.4 Å². The van der Waals surface area contributed by atoms with Crippen molar-refractivity contribution >= 4 is 39.0 Å². The molecule has 0 radical (unpaired) electrons. The summed E-state index contributed by atoms with van der Waals surface area (Å²) in [7, 11) is 0. The van der Waals surface area contributed by atoms with Crippen LogP contribution >= 0.6 is 17.2 Å². The number of primary amides is 1. The number of hydrogen-bond donors (Lipinski definition) is 1. The first-order chi connectivity index (χ1) is 12.1. The SMILES string of the molecule is NC(=O)CCP(Cl)(c1ccccc1)(c1ccccc1)c1ccccc1. The Kier molecular flexibility index (Phi) is 4.94. The van der Waals surface area contributed by atoms with Crippen LogP contribution in [0.1, 0.15) is 6.42 Å². The summed E-state index contributed by atoms with van der Waals surface area (Å²) in [4.78, 5) is 11.7. The molecule has 25 heavy (non-hydrogen) atoms. The number of carbonyl (C=O) groups excluding carboxylic acids is 1. The van der Waals surface area contributed by atoms with Gasteiger partial charge < -0.3 is 0 Å². The summed E-state index contributed by atoms with van der Waals surface area (Å²) in [6.45, 7) is 0. The normalized spacial score (nSPS) is 12.9. The van der Waals surface area contributed by atoms with Gasteiger partial charge >= 0.3 is 153 Å². The average molecular weight is 370 g/mol. The van der Waals surface area contributed by atoms with Crippen LogP contribution in [0, 0.1) is 0 Å². The molecular formula is C21H21ClNOP. The van der Waals surface area contributed by atoms with E-state index in [1.165, 1.54) is 0 Å². The van der Waals surface area contributed by atoms with E-state index in [-0.39, 0.29) is 12.3 Å². The van der Waals surface area contributed by atoms with Gasteiger partial charge in [0, 0.05) is 0 Å². The van der Waals surface area contributed by atoms with Crippen LogP contribution in [0.15, 0.2) is 91.0 Å². The van der Waals surface area contributed by atoms with Gasteiger partial charge in [-0.1, -0.05) is 0 Å². The van der Waals surface area contributed by atoms with Crippen molar-refractivity contribution in [2.24, 2.45) is 5.73 Å². The van der Waals surface area contributed by atoms with Crippen LogP contribution in [0.3, 0.4) is 0 Å². The first-order valence-corrected chi connectivity index (χ1v) is 11.6. The Labute approximate surface area is 153 Å². The molecule has 0 saturated carbocycles. The first-order valence-electron chi connectivity index (χ1n) is 8.23. The van der Waals surface area contributed by atoms with Crippen molar-refractivity contribution in [3.63, 3.8) is 0 Å². The molecule has 0 bridgehead atoms. The van der Waals surface area contributed by atoms with Crippen LogP contribution in [-0.2, 0) is 4.79 Å². The summed E-state index contributed by atoms with van der Waals surface area (Å²) >= 11 is 7.74. The molecular weight excluding hydrogens is 349 g/mol. The summed E-state index contributed by atoms with van der Waals surface area (Å²) < 4.78 is 0. The van der Waals surface area contributed by atoms with Crippen molar-refractivity contribution in [3.8, 4) is 0 Å². The molecule has 0 unspecified atom stereocenters. The van der Waals surface area contributed by atoms with Crippen LogP contribution in [0.25, 0.3) is 0 Å². The van der Waals surface area contributed by atoms with Gasteiger partial charge in [0.15, 0.2) is 0 Å². The van der Waals surface area contributed by atoms with E-state index in [1.54, 1.807) is 0 Å². The number of hydrogen-bond acceptors (Lipinski definition) is 1. The van der Waals surface area contributed by atoms with E-state index in [0.717, 1.165) is 15.9 Å². The summed E-state index contributed by atoms with van der Waals surface area (Å²) in [5.74, 6) is -3.66. The third-order valence-electron chi connectivity index (χ3n) is 4.66. The third-order valence-corrected chi connectivity index (χ3v) is 12.1. The predicted octanol–water partition coefficient (Wildman–Crippen LogP) is 3.55. The molecule has 0 fully saturated rings. The summed E-state index contributed by atoms with van der Waals surface area (Å²) in [6, 6.07) is 30.3. The number of rotatable bonds is 6. The second kappa shape index (κ2) is 7.00. The molecule has 3 aromatic rings. The van der Waals surface area contributed by atoms with Gasteiger partial charge in [-0.05, 0) is 0 Å². The van der Waals surface area contributed by atoms with Crippen molar-refractivity contribution in [1.29, 1.82) is 0 Å². The maximum absolute atomic E-state index is 11.7. The van der Waals surface area contributed by atoms with E-state index in [9.17, 15) is 4.79 Å². The van der Waals surface area contributed by atoms with Crippen LogP contribution in [0.4, 0.5) is 0 Å². The Hall–Kier alpha value is -2.15. The molecule has 0 aliphatic carbocycles. The van der Waals surface area contributed by atoms with Gasteiger partial charge in [-0.2, -0.15) is 0 Å². The van der Waals surface area contributed by atoms with Gasteiger partial charge in [0.1, 0.15) is 0 Å². The molecule has 3 aromatic carbocycles. The number of amides is 1. The maximum atomic E-state index is 11.7. The minimum atomic E-state index is -3.32. The van der Waals surface area contributed by atoms with E-state index in [1.807, 2.05) is 54.6 Å². The predicted molar refractivity (Wildman–Crippen MR) is 110 cm³/mol. The van der Waals surface area contributed by atoms with Crippen LogP contribution in [0.5, 0.6) is 0 Å². The number of benzene rings is 3. The molecule has 0 aliphatic rings. The Morgan fingerprint density at radius 1 is 0.720 bits per heavy atom. The fourth-order valence-electron chi connectivity index (χ4n) is 3.37. The zero-order chi connectivity index (χ0) is 17.8. The summed E-state index contributed by atoms with van der Waals surface area (Å²) in [5.41, 5.74) is 5.52. The van der Waals surface area contributed by atoms with Crippen molar-refractivity contribution in [1.82, 2.24) is 0 Å². The molecule has 3 rings (SSSR count). The van der Waals surface area contributed by atoms with Gasteiger partial charge in [0.25, 0.3) is 0 Å². The van der Waals surface area contributed by atoms with Crippen molar-refractivity contribution in [2.75, 3.05) is 6.16 Å². The van der Waals surface area contributed by atoms with Crippen LogP contribution < -0.4 is 21.6 Å². The third kappa shape index (κ3) is 3.08. The fraction of sp³-hybridized carbons (Fsp3) is 0.0952. The van der Waals surface area contributed by atoms with E-state index < -0.39 is 5.96 Å². The average Bonchev–Trinajstić information content (AvgIpc) is 2.68. The number of halogens is 1. The Morgan fingerprint density at radius 3 is 1.32 bits per heavy atom. The molecule has 1 amide bonds. The Morgan fingerprint density at radius 2 is 1.04 bits per heavy atom. The second-order valence-electron chi connectivity index (χ2n) is 6.13. The second-order valence-corrected chi connectivity index (χ2v) is 12.7. The Bertz CT molecular complexity index is 753. The van der Waals surface area contributed by atoms with Gasteiger partial charge in [0.2, 0.25) is 0 Å². The molecule has 0 saturated heterocycles. The molecule has 0 aliphatic heterocycles. The summed E-state index contributed by atoms with van der Waals surface area (Å²) in [5, 5.41) is 3.15. The van der Waals surface area contributed by atoms with Crippen molar-refractivity contribution < 1.29 is 4.79 Å². The van der Waals surface area contributed by atoms with Gasteiger partial charge in [-0.25, -0.2) is 0 Å². The Balaban J connectivity index is 2.38. The van der Waals surface area contributed by atoms with Crippen LogP contribution in [-0.4, -0.2) is 12.1 Å². The first kappa shape index (κ1) is 17.7. The zero-order valence-electron chi connectivity index (χ0n) is 13.9. The molecule has 0 atom stereocenters. The number of nitrogens with two attached hydrogens (primary N) is 1. The quantitative estimate of drug-likeness (QED) is 0.663. The molecule has 2 N–H and O–H groups in total. The molecule has 0 heterocycles. The van der Waals surface area contributed by atoms with E-state index >= 15 is 0 Å². The van der Waals surface area contributed by atoms with Crippen molar-refractivity contribution in [2.45, 2.75) is 6.42 Å². The standard InChI is InChI=1S/C21H21ClNOP/c22-25(17-16-21(23)24,18-10-4-1-5-11-18,19-12-6-2-7-13-19)20-14-8-3-9-15-20/h1-15H,16-17H2,(H2,23,24). The van der Waals surface area contributed by atoms with Gasteiger partial charge in [0.05, 0.1) is 0 Å². The molecule has 2 nitrogen and oxygen atoms in total. The molecule has 0 spiro atoms. The van der Waals surface area contributed by atoms with Crippen LogP contribution in [0.2, 0.25) is 0 Å². The van der Waals surface area contributed by atoms with E-state index in [4.69, 9.17) is 17.0 Å². The molecule has 4 heteroatoms. The van der Waals surface area contributed by atoms with Crippen molar-refractivity contribution in [3.05, 3.63) is 91.0 Å².